The average molecular weight is 264 g/mol. The molecule has 0 aliphatic heterocycles. The number of nitrogens with two attached hydrogens (primary N) is 1. The van der Waals surface area contributed by atoms with E-state index in [2.05, 4.69) is 66.9 Å². The molecule has 0 saturated heterocycles. The van der Waals surface area contributed by atoms with Crippen molar-refractivity contribution in [1.29, 1.82) is 0 Å². The van der Waals surface area contributed by atoms with Crippen LogP contribution in [0.3, 0.4) is 0 Å². The van der Waals surface area contributed by atoms with E-state index in [4.69, 9.17) is 5.73 Å². The minimum Gasteiger partial charge on any atom is -0.339 e. The number of hydrogen-bond acceptors (Lipinski definition) is 1. The zero-order chi connectivity index (χ0) is 14.1. The van der Waals surface area contributed by atoms with E-state index in [9.17, 15) is 0 Å². The van der Waals surface area contributed by atoms with E-state index in [1.807, 2.05) is 0 Å². The number of nitrogens with zero attached hydrogens (tertiary/aromatic N) is 1. The molecular weight excluding hydrogens is 244 g/mol. The number of aromatic nitrogens is 1. The first kappa shape index (κ1) is 12.9. The monoisotopic (exact) mass is 264 g/mol. The summed E-state index contributed by atoms with van der Waals surface area (Å²) in [6.45, 7) is 5.76. The first-order valence-electron chi connectivity index (χ1n) is 7.02. The molecule has 0 unspecified atom stereocenters. The summed E-state index contributed by atoms with van der Waals surface area (Å²) in [5.41, 5.74) is 12.4. The molecule has 0 bridgehead atoms. The Balaban J connectivity index is 2.12. The standard InChI is InChI=1S/C18H20N2/c1-13-7-8-14(2)16(9-13)12-20-17(11-19)10-15-5-3-4-6-18(15)20/h3-10H,11-12,19H2,1-2H3. The molecule has 0 saturated carbocycles. The molecule has 2 aromatic carbocycles. The lowest BCUT2D eigenvalue weighted by Crippen LogP contribution is -2.09. The fourth-order valence-corrected chi connectivity index (χ4v) is 2.76. The van der Waals surface area contributed by atoms with Crippen LogP contribution in [0.4, 0.5) is 0 Å². The molecule has 0 fully saturated rings. The van der Waals surface area contributed by atoms with Crippen LogP contribution in [-0.4, -0.2) is 4.57 Å². The number of aryl methyl sites for hydroxylation is 2. The first-order chi connectivity index (χ1) is 9.69. The Morgan fingerprint density at radius 2 is 1.80 bits per heavy atom. The summed E-state index contributed by atoms with van der Waals surface area (Å²) in [6.07, 6.45) is 0. The van der Waals surface area contributed by atoms with E-state index in [1.165, 1.54) is 33.3 Å². The van der Waals surface area contributed by atoms with Gasteiger partial charge < -0.3 is 10.3 Å². The predicted octanol–water partition coefficient (Wildman–Crippen LogP) is 3.77. The lowest BCUT2D eigenvalue weighted by Gasteiger charge is -2.13. The summed E-state index contributed by atoms with van der Waals surface area (Å²) < 4.78 is 2.33. The van der Waals surface area contributed by atoms with Crippen LogP contribution in [-0.2, 0) is 13.1 Å². The van der Waals surface area contributed by atoms with E-state index in [0.29, 0.717) is 6.54 Å². The van der Waals surface area contributed by atoms with Crippen molar-refractivity contribution in [2.75, 3.05) is 0 Å². The SMILES string of the molecule is Cc1ccc(C)c(Cn2c(CN)cc3ccccc32)c1. The van der Waals surface area contributed by atoms with Gasteiger partial charge in [-0.15, -0.1) is 0 Å². The van der Waals surface area contributed by atoms with Gasteiger partial charge >= 0.3 is 0 Å². The Hall–Kier alpha value is -2.06. The zero-order valence-electron chi connectivity index (χ0n) is 12.1. The highest BCUT2D eigenvalue weighted by atomic mass is 15.0. The molecule has 3 rings (SSSR count). The van der Waals surface area contributed by atoms with Crippen LogP contribution in [0.1, 0.15) is 22.4 Å². The lowest BCUT2D eigenvalue weighted by atomic mass is 10.1. The number of para-hydroxylation sites is 1. The summed E-state index contributed by atoms with van der Waals surface area (Å²) in [5, 5.41) is 1.26. The van der Waals surface area contributed by atoms with Gasteiger partial charge in [-0.05, 0) is 42.5 Å². The van der Waals surface area contributed by atoms with Crippen LogP contribution >= 0.6 is 0 Å². The molecule has 0 aliphatic rings. The van der Waals surface area contributed by atoms with Gasteiger partial charge in [0.1, 0.15) is 0 Å². The van der Waals surface area contributed by atoms with Crippen LogP contribution in [0.15, 0.2) is 48.5 Å². The quantitative estimate of drug-likeness (QED) is 0.767. The third-order valence-electron chi connectivity index (χ3n) is 3.94. The summed E-state index contributed by atoms with van der Waals surface area (Å²) in [7, 11) is 0. The molecule has 2 heteroatoms. The highest BCUT2D eigenvalue weighted by molar-refractivity contribution is 5.81. The van der Waals surface area contributed by atoms with Crippen LogP contribution in [0.5, 0.6) is 0 Å². The molecular formula is C18H20N2. The number of benzene rings is 2. The van der Waals surface area contributed by atoms with Crippen LogP contribution in [0.25, 0.3) is 10.9 Å². The maximum atomic E-state index is 5.92. The smallest absolute Gasteiger partial charge is 0.0486 e. The van der Waals surface area contributed by atoms with Gasteiger partial charge in [0.05, 0.1) is 0 Å². The lowest BCUT2D eigenvalue weighted by molar-refractivity contribution is 0.763. The third kappa shape index (κ3) is 2.23. The van der Waals surface area contributed by atoms with Gasteiger partial charge in [-0.25, -0.2) is 0 Å². The van der Waals surface area contributed by atoms with Crippen LogP contribution in [0.2, 0.25) is 0 Å². The Kier molecular flexibility index (Phi) is 3.33. The average Bonchev–Trinajstić information content (AvgIpc) is 2.81. The van der Waals surface area contributed by atoms with Crippen molar-refractivity contribution < 1.29 is 0 Å². The van der Waals surface area contributed by atoms with E-state index in [-0.39, 0.29) is 0 Å². The zero-order valence-corrected chi connectivity index (χ0v) is 12.1. The summed E-state index contributed by atoms with van der Waals surface area (Å²) >= 11 is 0. The normalized spacial score (nSPS) is 11.2. The number of hydrogen-bond donors (Lipinski definition) is 1. The molecule has 20 heavy (non-hydrogen) atoms. The van der Waals surface area contributed by atoms with Crippen molar-refractivity contribution in [2.45, 2.75) is 26.9 Å². The highest BCUT2D eigenvalue weighted by Crippen LogP contribution is 2.22. The molecule has 2 nitrogen and oxygen atoms in total. The molecule has 3 aromatic rings. The number of rotatable bonds is 3. The van der Waals surface area contributed by atoms with Gasteiger partial charge in [0.15, 0.2) is 0 Å². The second kappa shape index (κ2) is 5.14. The molecule has 0 spiro atoms. The van der Waals surface area contributed by atoms with Gasteiger partial charge in [-0.1, -0.05) is 42.0 Å². The van der Waals surface area contributed by atoms with Gasteiger partial charge in [-0.3, -0.25) is 0 Å². The van der Waals surface area contributed by atoms with Crippen molar-refractivity contribution in [3.63, 3.8) is 0 Å². The van der Waals surface area contributed by atoms with Crippen molar-refractivity contribution >= 4 is 10.9 Å². The van der Waals surface area contributed by atoms with Crippen LogP contribution < -0.4 is 5.73 Å². The van der Waals surface area contributed by atoms with Gasteiger partial charge in [0.25, 0.3) is 0 Å². The second-order valence-corrected chi connectivity index (χ2v) is 5.41. The largest absolute Gasteiger partial charge is 0.339 e. The van der Waals surface area contributed by atoms with Gasteiger partial charge in [-0.2, -0.15) is 0 Å². The first-order valence-corrected chi connectivity index (χ1v) is 7.02. The molecule has 0 radical (unpaired) electrons. The third-order valence-corrected chi connectivity index (χ3v) is 3.94. The Morgan fingerprint density at radius 3 is 2.60 bits per heavy atom. The van der Waals surface area contributed by atoms with Crippen molar-refractivity contribution in [3.05, 3.63) is 70.9 Å². The minimum atomic E-state index is 0.569. The summed E-state index contributed by atoms with van der Waals surface area (Å²) in [5.74, 6) is 0. The maximum absolute atomic E-state index is 5.92. The predicted molar refractivity (Wildman–Crippen MR) is 84.8 cm³/mol. The van der Waals surface area contributed by atoms with Crippen molar-refractivity contribution in [2.24, 2.45) is 5.73 Å². The van der Waals surface area contributed by atoms with E-state index < -0.39 is 0 Å². The minimum absolute atomic E-state index is 0.569. The molecule has 0 aliphatic carbocycles. The van der Waals surface area contributed by atoms with E-state index in [0.717, 1.165) is 6.54 Å². The summed E-state index contributed by atoms with van der Waals surface area (Å²) in [4.78, 5) is 0. The fourth-order valence-electron chi connectivity index (χ4n) is 2.76. The molecule has 1 aromatic heterocycles. The maximum Gasteiger partial charge on any atom is 0.0486 e. The van der Waals surface area contributed by atoms with E-state index >= 15 is 0 Å². The highest BCUT2D eigenvalue weighted by Gasteiger charge is 2.09. The Labute approximate surface area is 119 Å². The Bertz CT molecular complexity index is 753. The van der Waals surface area contributed by atoms with Crippen molar-refractivity contribution in [3.8, 4) is 0 Å². The molecule has 0 amide bonds. The van der Waals surface area contributed by atoms with Crippen LogP contribution in [0, 0.1) is 13.8 Å². The van der Waals surface area contributed by atoms with Crippen molar-refractivity contribution in [1.82, 2.24) is 4.57 Å². The Morgan fingerprint density at radius 1 is 1.00 bits per heavy atom. The molecule has 0 atom stereocenters. The topological polar surface area (TPSA) is 30.9 Å². The van der Waals surface area contributed by atoms with Gasteiger partial charge in [0, 0.05) is 24.3 Å². The second-order valence-electron chi connectivity index (χ2n) is 5.41. The molecule has 1 heterocycles. The fraction of sp³-hybridized carbons (Fsp3) is 0.222. The van der Waals surface area contributed by atoms with Gasteiger partial charge in [0.2, 0.25) is 0 Å². The molecule has 102 valence electrons. The van der Waals surface area contributed by atoms with E-state index in [1.54, 1.807) is 0 Å². The summed E-state index contributed by atoms with van der Waals surface area (Å²) in [6, 6.07) is 17.3. The molecule has 2 N–H and O–H groups in total. The number of fused-ring (bicyclic) bond motifs is 1.